The van der Waals surface area contributed by atoms with E-state index in [1.54, 1.807) is 31.2 Å². The maximum Gasteiger partial charge on any atom is 0.243 e. The van der Waals surface area contributed by atoms with Crippen LogP contribution < -0.4 is 0 Å². The maximum absolute atomic E-state index is 12.5. The Bertz CT molecular complexity index is 683. The van der Waals surface area contributed by atoms with Crippen molar-refractivity contribution in [3.05, 3.63) is 29.8 Å². The molecule has 112 valence electrons. The lowest BCUT2D eigenvalue weighted by Crippen LogP contribution is -2.49. The molecule has 0 N–H and O–H groups in total. The van der Waals surface area contributed by atoms with Crippen molar-refractivity contribution in [3.8, 4) is 0 Å². The monoisotopic (exact) mass is 381 g/mol. The second-order valence-corrected chi connectivity index (χ2v) is 9.54. The standard InChI is InChI=1S/C12H16BrNO4S2/c1-10-9-19(15,16)7-6-14(10)20(17,18)12-4-2-11(8-13)3-5-12/h2-5,10H,6-9H2,1H3. The van der Waals surface area contributed by atoms with Gasteiger partial charge in [-0.1, -0.05) is 28.1 Å². The summed E-state index contributed by atoms with van der Waals surface area (Å²) < 4.78 is 49.4. The third-order valence-corrected chi connectivity index (χ3v) is 7.76. The highest BCUT2D eigenvalue weighted by Crippen LogP contribution is 2.23. The third kappa shape index (κ3) is 3.24. The molecule has 5 nitrogen and oxygen atoms in total. The summed E-state index contributed by atoms with van der Waals surface area (Å²) in [7, 11) is -6.76. The van der Waals surface area contributed by atoms with Crippen LogP contribution in [0.2, 0.25) is 0 Å². The molecule has 1 aromatic carbocycles. The zero-order valence-electron chi connectivity index (χ0n) is 11.0. The fourth-order valence-corrected chi connectivity index (χ4v) is 6.00. The largest absolute Gasteiger partial charge is 0.243 e. The highest BCUT2D eigenvalue weighted by atomic mass is 79.9. The summed E-state index contributed by atoms with van der Waals surface area (Å²) in [6.07, 6.45) is 0. The first-order valence-corrected chi connectivity index (χ1v) is 10.5. The van der Waals surface area contributed by atoms with Gasteiger partial charge in [-0.3, -0.25) is 0 Å². The maximum atomic E-state index is 12.5. The molecule has 1 aliphatic heterocycles. The van der Waals surface area contributed by atoms with E-state index in [4.69, 9.17) is 0 Å². The van der Waals surface area contributed by atoms with Crippen molar-refractivity contribution in [2.45, 2.75) is 23.2 Å². The summed E-state index contributed by atoms with van der Waals surface area (Å²) in [6.45, 7) is 1.65. The van der Waals surface area contributed by atoms with E-state index in [1.165, 1.54) is 4.31 Å². The summed E-state index contributed by atoms with van der Waals surface area (Å²) >= 11 is 3.30. The van der Waals surface area contributed by atoms with Gasteiger partial charge in [-0.25, -0.2) is 16.8 Å². The van der Waals surface area contributed by atoms with Crippen LogP contribution in [0.1, 0.15) is 12.5 Å². The van der Waals surface area contributed by atoms with Crippen LogP contribution in [0.3, 0.4) is 0 Å². The van der Waals surface area contributed by atoms with Crippen LogP contribution in [-0.4, -0.2) is 45.2 Å². The lowest BCUT2D eigenvalue weighted by molar-refractivity contribution is 0.357. The summed E-state index contributed by atoms with van der Waals surface area (Å²) in [5.41, 5.74) is 0.984. The molecule has 20 heavy (non-hydrogen) atoms. The molecule has 2 rings (SSSR count). The summed E-state index contributed by atoms with van der Waals surface area (Å²) in [4.78, 5) is 0.202. The van der Waals surface area contributed by atoms with Crippen molar-refractivity contribution in [1.29, 1.82) is 0 Å². The highest BCUT2D eigenvalue weighted by Gasteiger charge is 2.36. The van der Waals surface area contributed by atoms with Crippen molar-refractivity contribution >= 4 is 35.8 Å². The number of rotatable bonds is 3. The SMILES string of the molecule is CC1CS(=O)(=O)CCN1S(=O)(=O)c1ccc(CBr)cc1. The van der Waals surface area contributed by atoms with Crippen molar-refractivity contribution in [2.75, 3.05) is 18.1 Å². The number of hydrogen-bond donors (Lipinski definition) is 0. The van der Waals surface area contributed by atoms with Gasteiger partial charge >= 0.3 is 0 Å². The topological polar surface area (TPSA) is 71.5 Å². The third-order valence-electron chi connectivity index (χ3n) is 3.29. The van der Waals surface area contributed by atoms with Crippen LogP contribution in [0.15, 0.2) is 29.2 Å². The summed E-state index contributed by atoms with van der Waals surface area (Å²) in [6, 6.07) is 6.07. The van der Waals surface area contributed by atoms with Gasteiger partial charge in [0, 0.05) is 17.9 Å². The molecule has 0 saturated carbocycles. The van der Waals surface area contributed by atoms with E-state index in [0.29, 0.717) is 5.33 Å². The molecule has 0 spiro atoms. The van der Waals surface area contributed by atoms with Crippen molar-refractivity contribution in [3.63, 3.8) is 0 Å². The number of sulfonamides is 1. The Morgan fingerprint density at radius 1 is 1.30 bits per heavy atom. The fourth-order valence-electron chi connectivity index (χ4n) is 2.23. The lowest BCUT2D eigenvalue weighted by atomic mass is 10.2. The molecule has 1 unspecified atom stereocenters. The molecular formula is C12H16BrNO4S2. The first kappa shape index (κ1) is 15.9. The number of benzene rings is 1. The van der Waals surface area contributed by atoms with Crippen LogP contribution >= 0.6 is 15.9 Å². The Labute approximate surface area is 128 Å². The second-order valence-electron chi connectivity index (χ2n) is 4.86. The molecule has 1 heterocycles. The zero-order chi connectivity index (χ0) is 15.0. The van der Waals surface area contributed by atoms with Gasteiger partial charge in [-0.15, -0.1) is 0 Å². The molecule has 1 aliphatic rings. The normalized spacial score (nSPS) is 23.6. The quantitative estimate of drug-likeness (QED) is 0.741. The minimum absolute atomic E-state index is 0.0199. The van der Waals surface area contributed by atoms with Crippen molar-refractivity contribution in [2.24, 2.45) is 0 Å². The smallest absolute Gasteiger partial charge is 0.229 e. The molecule has 0 aromatic heterocycles. The number of alkyl halides is 1. The van der Waals surface area contributed by atoms with Crippen LogP contribution in [-0.2, 0) is 25.2 Å². The molecular weight excluding hydrogens is 366 g/mol. The first-order chi connectivity index (χ1) is 9.26. The van der Waals surface area contributed by atoms with Gasteiger partial charge in [0.25, 0.3) is 0 Å². The predicted octanol–water partition coefficient (Wildman–Crippen LogP) is 1.39. The van der Waals surface area contributed by atoms with Crippen LogP contribution in [0.25, 0.3) is 0 Å². The van der Waals surface area contributed by atoms with Crippen molar-refractivity contribution in [1.82, 2.24) is 4.31 Å². The molecule has 0 bridgehead atoms. The van der Waals surface area contributed by atoms with Gasteiger partial charge in [0.2, 0.25) is 10.0 Å². The van der Waals surface area contributed by atoms with Crippen LogP contribution in [0.4, 0.5) is 0 Å². The average molecular weight is 382 g/mol. The molecule has 1 fully saturated rings. The van der Waals surface area contributed by atoms with Gasteiger partial charge in [0.05, 0.1) is 16.4 Å². The molecule has 8 heteroatoms. The molecule has 0 amide bonds. The van der Waals surface area contributed by atoms with Gasteiger partial charge in [0.15, 0.2) is 9.84 Å². The van der Waals surface area contributed by atoms with E-state index in [0.717, 1.165) is 5.56 Å². The Balaban J connectivity index is 2.30. The molecule has 1 aromatic rings. The van der Waals surface area contributed by atoms with Gasteiger partial charge < -0.3 is 0 Å². The Hall–Kier alpha value is -0.440. The van der Waals surface area contributed by atoms with E-state index in [9.17, 15) is 16.8 Å². The van der Waals surface area contributed by atoms with E-state index < -0.39 is 25.9 Å². The fraction of sp³-hybridized carbons (Fsp3) is 0.500. The Morgan fingerprint density at radius 3 is 2.40 bits per heavy atom. The van der Waals surface area contributed by atoms with E-state index in [-0.39, 0.29) is 22.9 Å². The van der Waals surface area contributed by atoms with E-state index in [2.05, 4.69) is 15.9 Å². The minimum atomic E-state index is -3.63. The Morgan fingerprint density at radius 2 is 1.90 bits per heavy atom. The van der Waals surface area contributed by atoms with Gasteiger partial charge in [0.1, 0.15) is 0 Å². The van der Waals surface area contributed by atoms with Crippen molar-refractivity contribution < 1.29 is 16.8 Å². The Kier molecular flexibility index (Phi) is 4.58. The van der Waals surface area contributed by atoms with Gasteiger partial charge in [-0.05, 0) is 24.6 Å². The minimum Gasteiger partial charge on any atom is -0.229 e. The molecule has 1 saturated heterocycles. The van der Waals surface area contributed by atoms with E-state index >= 15 is 0 Å². The first-order valence-electron chi connectivity index (χ1n) is 6.13. The van der Waals surface area contributed by atoms with Gasteiger partial charge in [-0.2, -0.15) is 4.31 Å². The van der Waals surface area contributed by atoms with E-state index in [1.807, 2.05) is 0 Å². The second kappa shape index (κ2) is 5.75. The lowest BCUT2D eigenvalue weighted by Gasteiger charge is -2.32. The van der Waals surface area contributed by atoms with Crippen LogP contribution in [0.5, 0.6) is 0 Å². The average Bonchev–Trinajstić information content (AvgIpc) is 2.37. The molecule has 0 aliphatic carbocycles. The number of halogens is 1. The highest BCUT2D eigenvalue weighted by molar-refractivity contribution is 9.08. The van der Waals surface area contributed by atoms with Crippen LogP contribution in [0, 0.1) is 0 Å². The number of nitrogens with zero attached hydrogens (tertiary/aromatic N) is 1. The zero-order valence-corrected chi connectivity index (χ0v) is 14.2. The number of sulfone groups is 1. The number of hydrogen-bond acceptors (Lipinski definition) is 4. The summed E-state index contributed by atoms with van der Waals surface area (Å²) in [5, 5.41) is 0.658. The predicted molar refractivity (Wildman–Crippen MR) is 81.1 cm³/mol. The molecule has 1 atom stereocenters. The molecule has 0 radical (unpaired) electrons. The summed E-state index contributed by atoms with van der Waals surface area (Å²) in [5.74, 6) is -0.234.